The Labute approximate surface area is 116 Å². The third-order valence-corrected chi connectivity index (χ3v) is 3.22. The Hall–Kier alpha value is -1.36. The minimum Gasteiger partial charge on any atom is -0.383 e. The molecule has 0 saturated carbocycles. The molecule has 1 aromatic rings. The minimum atomic E-state index is 0.486. The maximum absolute atomic E-state index is 5.21. The molecule has 5 heteroatoms. The second-order valence-electron chi connectivity index (χ2n) is 4.45. The van der Waals surface area contributed by atoms with Crippen LogP contribution in [0.3, 0.4) is 0 Å². The minimum absolute atomic E-state index is 0.486. The molecule has 0 radical (unpaired) electrons. The fraction of sp³-hybridized carbons (Fsp3) is 0.714. The molecule has 19 heavy (non-hydrogen) atoms. The van der Waals surface area contributed by atoms with Crippen molar-refractivity contribution in [2.45, 2.75) is 39.7 Å². The normalized spacial score (nSPS) is 10.8. The van der Waals surface area contributed by atoms with Crippen LogP contribution in [-0.4, -0.2) is 42.8 Å². The van der Waals surface area contributed by atoms with E-state index in [2.05, 4.69) is 41.0 Å². The van der Waals surface area contributed by atoms with E-state index in [0.29, 0.717) is 12.6 Å². The first-order chi connectivity index (χ1) is 9.26. The van der Waals surface area contributed by atoms with Crippen molar-refractivity contribution in [1.29, 1.82) is 0 Å². The Morgan fingerprint density at radius 2 is 2.00 bits per heavy atom. The smallest absolute Gasteiger partial charge is 0.134 e. The van der Waals surface area contributed by atoms with Gasteiger partial charge in [-0.05, 0) is 19.8 Å². The number of ether oxygens (including phenoxy) is 1. The van der Waals surface area contributed by atoms with Gasteiger partial charge in [0.25, 0.3) is 0 Å². The van der Waals surface area contributed by atoms with Crippen LogP contribution in [0.2, 0.25) is 0 Å². The first kappa shape index (κ1) is 15.7. The molecule has 0 bridgehead atoms. The van der Waals surface area contributed by atoms with Gasteiger partial charge in [-0.15, -0.1) is 0 Å². The molecule has 0 fully saturated rings. The molecule has 1 rings (SSSR count). The Morgan fingerprint density at radius 3 is 2.58 bits per heavy atom. The maximum Gasteiger partial charge on any atom is 0.134 e. The first-order valence-corrected chi connectivity index (χ1v) is 7.08. The van der Waals surface area contributed by atoms with Gasteiger partial charge in [0.2, 0.25) is 0 Å². The average molecular weight is 266 g/mol. The van der Waals surface area contributed by atoms with E-state index in [9.17, 15) is 0 Å². The van der Waals surface area contributed by atoms with Crippen LogP contribution in [0.4, 0.5) is 11.6 Å². The van der Waals surface area contributed by atoms with Gasteiger partial charge in [-0.2, -0.15) is 0 Å². The molecule has 0 aromatic carbocycles. The monoisotopic (exact) mass is 266 g/mol. The number of hydrogen-bond donors (Lipinski definition) is 1. The largest absolute Gasteiger partial charge is 0.383 e. The predicted octanol–water partition coefficient (Wildman–Crippen LogP) is 2.55. The van der Waals surface area contributed by atoms with Crippen molar-refractivity contribution in [3.05, 3.63) is 12.4 Å². The molecule has 0 saturated heterocycles. The fourth-order valence-corrected chi connectivity index (χ4v) is 2.19. The van der Waals surface area contributed by atoms with Gasteiger partial charge in [-0.1, -0.05) is 13.8 Å². The Balaban J connectivity index is 2.91. The van der Waals surface area contributed by atoms with Crippen molar-refractivity contribution >= 4 is 11.6 Å². The van der Waals surface area contributed by atoms with Crippen LogP contribution in [-0.2, 0) is 4.74 Å². The second kappa shape index (κ2) is 8.69. The highest BCUT2D eigenvalue weighted by molar-refractivity contribution is 5.49. The van der Waals surface area contributed by atoms with Gasteiger partial charge >= 0.3 is 0 Å². The Morgan fingerprint density at radius 1 is 1.26 bits per heavy atom. The van der Waals surface area contributed by atoms with Crippen molar-refractivity contribution in [1.82, 2.24) is 9.97 Å². The molecule has 0 aliphatic carbocycles. The van der Waals surface area contributed by atoms with Crippen LogP contribution in [0.25, 0.3) is 0 Å². The second-order valence-corrected chi connectivity index (χ2v) is 4.45. The first-order valence-electron chi connectivity index (χ1n) is 7.08. The van der Waals surface area contributed by atoms with Crippen molar-refractivity contribution in [2.75, 3.05) is 37.0 Å². The summed E-state index contributed by atoms with van der Waals surface area (Å²) >= 11 is 0. The summed E-state index contributed by atoms with van der Waals surface area (Å²) in [6, 6.07) is 2.50. The lowest BCUT2D eigenvalue weighted by Crippen LogP contribution is -2.37. The van der Waals surface area contributed by atoms with Crippen LogP contribution in [0.5, 0.6) is 0 Å². The molecular formula is C14H26N4O. The van der Waals surface area contributed by atoms with E-state index in [-0.39, 0.29) is 0 Å². The maximum atomic E-state index is 5.21. The average Bonchev–Trinajstić information content (AvgIpc) is 2.44. The summed E-state index contributed by atoms with van der Waals surface area (Å²) in [7, 11) is 1.73. The van der Waals surface area contributed by atoms with E-state index in [1.165, 1.54) is 0 Å². The third kappa shape index (κ3) is 4.67. The van der Waals surface area contributed by atoms with Gasteiger partial charge in [0.15, 0.2) is 0 Å². The van der Waals surface area contributed by atoms with E-state index < -0.39 is 0 Å². The van der Waals surface area contributed by atoms with Crippen molar-refractivity contribution in [2.24, 2.45) is 0 Å². The molecule has 0 spiro atoms. The highest BCUT2D eigenvalue weighted by Gasteiger charge is 2.17. The number of anilines is 2. The topological polar surface area (TPSA) is 50.3 Å². The molecule has 1 heterocycles. The van der Waals surface area contributed by atoms with Crippen LogP contribution in [0, 0.1) is 0 Å². The molecule has 0 aliphatic heterocycles. The van der Waals surface area contributed by atoms with Gasteiger partial charge in [0.05, 0.1) is 6.61 Å². The molecule has 108 valence electrons. The van der Waals surface area contributed by atoms with Crippen LogP contribution in [0.15, 0.2) is 12.4 Å². The molecule has 0 amide bonds. The van der Waals surface area contributed by atoms with Gasteiger partial charge in [0, 0.05) is 32.3 Å². The zero-order chi connectivity index (χ0) is 14.1. The van der Waals surface area contributed by atoms with Crippen LogP contribution >= 0.6 is 0 Å². The lowest BCUT2D eigenvalue weighted by Gasteiger charge is -2.31. The number of methoxy groups -OCH3 is 1. The molecule has 1 aromatic heterocycles. The number of nitrogens with one attached hydrogen (secondary N) is 1. The third-order valence-electron chi connectivity index (χ3n) is 3.22. The van der Waals surface area contributed by atoms with Gasteiger partial charge in [-0.25, -0.2) is 9.97 Å². The quantitative estimate of drug-likeness (QED) is 0.744. The summed E-state index contributed by atoms with van der Waals surface area (Å²) in [5.41, 5.74) is 0. The summed E-state index contributed by atoms with van der Waals surface area (Å²) < 4.78 is 5.21. The summed E-state index contributed by atoms with van der Waals surface area (Å²) in [4.78, 5) is 10.9. The summed E-state index contributed by atoms with van der Waals surface area (Å²) in [5, 5.41) is 3.22. The van der Waals surface area contributed by atoms with Gasteiger partial charge in [-0.3, -0.25) is 0 Å². The lowest BCUT2D eigenvalue weighted by atomic mass is 10.1. The van der Waals surface area contributed by atoms with Gasteiger partial charge in [0.1, 0.15) is 18.0 Å². The number of nitrogens with zero attached hydrogens (tertiary/aromatic N) is 3. The zero-order valence-corrected chi connectivity index (χ0v) is 12.5. The van der Waals surface area contributed by atoms with Crippen LogP contribution in [0.1, 0.15) is 33.6 Å². The fourth-order valence-electron chi connectivity index (χ4n) is 2.19. The Bertz CT molecular complexity index is 355. The molecule has 5 nitrogen and oxygen atoms in total. The molecule has 1 N–H and O–H groups in total. The Kier molecular flexibility index (Phi) is 7.18. The molecular weight excluding hydrogens is 240 g/mol. The van der Waals surface area contributed by atoms with E-state index >= 15 is 0 Å². The van der Waals surface area contributed by atoms with E-state index in [1.54, 1.807) is 13.4 Å². The predicted molar refractivity (Wildman–Crippen MR) is 79.8 cm³/mol. The van der Waals surface area contributed by atoms with Gasteiger partial charge < -0.3 is 15.0 Å². The zero-order valence-electron chi connectivity index (χ0n) is 12.5. The highest BCUT2D eigenvalue weighted by atomic mass is 16.5. The molecule has 0 atom stereocenters. The SMILES string of the molecule is CCNc1cc(N(CCOC)C(CC)CC)ncn1. The van der Waals surface area contributed by atoms with Crippen molar-refractivity contribution in [3.8, 4) is 0 Å². The molecule has 0 unspecified atom stereocenters. The van der Waals surface area contributed by atoms with Crippen molar-refractivity contribution in [3.63, 3.8) is 0 Å². The summed E-state index contributed by atoms with van der Waals surface area (Å²) in [6.07, 6.45) is 3.82. The number of aromatic nitrogens is 2. The summed E-state index contributed by atoms with van der Waals surface area (Å²) in [5.74, 6) is 1.84. The standard InChI is InChI=1S/C14H26N4O/c1-5-12(6-2)18(8-9-19-4)14-10-13(15-7-3)16-11-17-14/h10-12H,5-9H2,1-4H3,(H,15,16,17). The van der Waals surface area contributed by atoms with E-state index in [0.717, 1.165) is 37.6 Å². The van der Waals surface area contributed by atoms with Crippen LogP contribution < -0.4 is 10.2 Å². The van der Waals surface area contributed by atoms with Crippen molar-refractivity contribution < 1.29 is 4.74 Å². The highest BCUT2D eigenvalue weighted by Crippen LogP contribution is 2.19. The lowest BCUT2D eigenvalue weighted by molar-refractivity contribution is 0.202. The van der Waals surface area contributed by atoms with E-state index in [1.807, 2.05) is 6.07 Å². The van der Waals surface area contributed by atoms with E-state index in [4.69, 9.17) is 4.74 Å². The molecule has 0 aliphatic rings. The number of rotatable bonds is 9. The number of hydrogen-bond acceptors (Lipinski definition) is 5. The summed E-state index contributed by atoms with van der Waals surface area (Å²) in [6.45, 7) is 8.90.